The predicted molar refractivity (Wildman–Crippen MR) is 85.7 cm³/mol. The van der Waals surface area contributed by atoms with Gasteiger partial charge < -0.3 is 10.1 Å². The van der Waals surface area contributed by atoms with Crippen molar-refractivity contribution in [1.82, 2.24) is 5.32 Å². The smallest absolute Gasteiger partial charge is 0.137 e. The van der Waals surface area contributed by atoms with Crippen molar-refractivity contribution < 1.29 is 4.79 Å². The van der Waals surface area contributed by atoms with Gasteiger partial charge >= 0.3 is 0 Å². The number of nitrogens with one attached hydrogen (secondary N) is 1. The van der Waals surface area contributed by atoms with Crippen molar-refractivity contribution in [3.63, 3.8) is 0 Å². The van der Waals surface area contributed by atoms with Gasteiger partial charge in [0.05, 0.1) is 6.04 Å². The topological polar surface area (TPSA) is 29.1 Å². The molecule has 2 nitrogen and oxygen atoms in total. The molecule has 0 aliphatic carbocycles. The van der Waals surface area contributed by atoms with Crippen molar-refractivity contribution in [1.29, 1.82) is 0 Å². The molecule has 3 heteroatoms. The van der Waals surface area contributed by atoms with Crippen molar-refractivity contribution in [2.24, 2.45) is 5.92 Å². The molecule has 1 N–H and O–H groups in total. The van der Waals surface area contributed by atoms with Gasteiger partial charge in [0.25, 0.3) is 0 Å². The van der Waals surface area contributed by atoms with Crippen LogP contribution in [0.3, 0.4) is 0 Å². The molecule has 0 saturated carbocycles. The standard InChI is InChI=1S/C18H18ClNO/c19-15-8-4-5-13(9-15)10-16-17(11-20-18(16)12-21)14-6-2-1-3-7-14/h1-9,12,16-18,20H,10-11H2. The second-order valence-electron chi connectivity index (χ2n) is 5.59. The number of hydrogen-bond donors (Lipinski definition) is 1. The van der Waals surface area contributed by atoms with E-state index in [2.05, 4.69) is 35.6 Å². The van der Waals surface area contributed by atoms with Gasteiger partial charge in [-0.2, -0.15) is 0 Å². The monoisotopic (exact) mass is 299 g/mol. The van der Waals surface area contributed by atoms with E-state index in [1.54, 1.807) is 0 Å². The molecule has 21 heavy (non-hydrogen) atoms. The van der Waals surface area contributed by atoms with Crippen molar-refractivity contribution in [2.75, 3.05) is 6.54 Å². The molecule has 1 aliphatic heterocycles. The molecule has 0 amide bonds. The zero-order chi connectivity index (χ0) is 14.7. The van der Waals surface area contributed by atoms with Crippen LogP contribution in [0.25, 0.3) is 0 Å². The summed E-state index contributed by atoms with van der Waals surface area (Å²) >= 11 is 6.07. The Morgan fingerprint density at radius 1 is 1.14 bits per heavy atom. The molecule has 2 aromatic carbocycles. The number of carbonyl (C=O) groups is 1. The minimum absolute atomic E-state index is 0.0887. The molecule has 1 saturated heterocycles. The zero-order valence-corrected chi connectivity index (χ0v) is 12.5. The molecular weight excluding hydrogens is 282 g/mol. The molecule has 3 atom stereocenters. The fourth-order valence-corrected chi connectivity index (χ4v) is 3.45. The van der Waals surface area contributed by atoms with Crippen molar-refractivity contribution >= 4 is 17.9 Å². The van der Waals surface area contributed by atoms with Crippen LogP contribution in [0, 0.1) is 5.92 Å². The number of carbonyl (C=O) groups excluding carboxylic acids is 1. The molecule has 1 fully saturated rings. The van der Waals surface area contributed by atoms with Gasteiger partial charge in [-0.05, 0) is 35.6 Å². The summed E-state index contributed by atoms with van der Waals surface area (Å²) in [6.07, 6.45) is 1.90. The summed E-state index contributed by atoms with van der Waals surface area (Å²) in [5.74, 6) is 0.628. The average molecular weight is 300 g/mol. The van der Waals surface area contributed by atoms with E-state index in [4.69, 9.17) is 11.6 Å². The highest BCUT2D eigenvalue weighted by Gasteiger charge is 2.36. The Morgan fingerprint density at radius 3 is 2.67 bits per heavy atom. The predicted octanol–water partition coefficient (Wildman–Crippen LogP) is 3.45. The van der Waals surface area contributed by atoms with E-state index in [1.165, 1.54) is 11.1 Å². The first-order chi connectivity index (χ1) is 10.3. The third-order valence-corrected chi connectivity index (χ3v) is 4.52. The molecule has 108 valence electrons. The summed E-state index contributed by atoms with van der Waals surface area (Å²) in [5, 5.41) is 4.09. The molecule has 0 aromatic heterocycles. The Labute approximate surface area is 130 Å². The first-order valence-corrected chi connectivity index (χ1v) is 7.64. The lowest BCUT2D eigenvalue weighted by atomic mass is 9.81. The molecule has 0 spiro atoms. The first-order valence-electron chi connectivity index (χ1n) is 7.26. The highest BCUT2D eigenvalue weighted by Crippen LogP contribution is 2.34. The number of benzene rings is 2. The Morgan fingerprint density at radius 2 is 1.95 bits per heavy atom. The van der Waals surface area contributed by atoms with Crippen LogP contribution < -0.4 is 5.32 Å². The van der Waals surface area contributed by atoms with Crippen LogP contribution in [0.1, 0.15) is 17.0 Å². The van der Waals surface area contributed by atoms with Gasteiger partial charge in [0.2, 0.25) is 0 Å². The van der Waals surface area contributed by atoms with Gasteiger partial charge in [-0.15, -0.1) is 0 Å². The summed E-state index contributed by atoms with van der Waals surface area (Å²) < 4.78 is 0. The summed E-state index contributed by atoms with van der Waals surface area (Å²) in [4.78, 5) is 11.4. The Hall–Kier alpha value is -1.64. The molecule has 3 unspecified atom stereocenters. The summed E-state index contributed by atoms with van der Waals surface area (Å²) in [6.45, 7) is 0.846. The SMILES string of the molecule is O=CC1NCC(c2ccccc2)C1Cc1cccc(Cl)c1. The fraction of sp³-hybridized carbons (Fsp3) is 0.278. The molecular formula is C18H18ClNO. The van der Waals surface area contributed by atoms with Crippen molar-refractivity contribution in [3.05, 3.63) is 70.7 Å². The lowest BCUT2D eigenvalue weighted by Gasteiger charge is -2.21. The van der Waals surface area contributed by atoms with Crippen LogP contribution in [0.4, 0.5) is 0 Å². The lowest BCUT2D eigenvalue weighted by molar-refractivity contribution is -0.110. The van der Waals surface area contributed by atoms with E-state index >= 15 is 0 Å². The van der Waals surface area contributed by atoms with E-state index < -0.39 is 0 Å². The van der Waals surface area contributed by atoms with Gasteiger partial charge in [0.1, 0.15) is 6.29 Å². The Balaban J connectivity index is 1.86. The lowest BCUT2D eigenvalue weighted by Crippen LogP contribution is -2.30. The maximum Gasteiger partial charge on any atom is 0.137 e. The minimum atomic E-state index is -0.0887. The minimum Gasteiger partial charge on any atom is -0.307 e. The quantitative estimate of drug-likeness (QED) is 0.876. The third kappa shape index (κ3) is 3.17. The number of rotatable bonds is 4. The van der Waals surface area contributed by atoms with Gasteiger partial charge in [0.15, 0.2) is 0 Å². The summed E-state index contributed by atoms with van der Waals surface area (Å²) in [6, 6.07) is 18.2. The fourth-order valence-electron chi connectivity index (χ4n) is 3.24. The Kier molecular flexibility index (Phi) is 4.37. The largest absolute Gasteiger partial charge is 0.307 e. The normalized spacial score (nSPS) is 24.9. The molecule has 0 radical (unpaired) electrons. The van der Waals surface area contributed by atoms with Gasteiger partial charge in [-0.1, -0.05) is 54.1 Å². The molecule has 3 rings (SSSR count). The molecule has 0 bridgehead atoms. The summed E-state index contributed by atoms with van der Waals surface area (Å²) in [5.41, 5.74) is 2.48. The molecule has 2 aromatic rings. The van der Waals surface area contributed by atoms with Crippen molar-refractivity contribution in [3.8, 4) is 0 Å². The molecule has 1 heterocycles. The number of aldehydes is 1. The van der Waals surface area contributed by atoms with Gasteiger partial charge in [0, 0.05) is 17.5 Å². The number of halogens is 1. The zero-order valence-electron chi connectivity index (χ0n) is 11.7. The maximum absolute atomic E-state index is 11.4. The van der Waals surface area contributed by atoms with Crippen LogP contribution in [0.5, 0.6) is 0 Å². The Bertz CT molecular complexity index is 614. The summed E-state index contributed by atoms with van der Waals surface area (Å²) in [7, 11) is 0. The second kappa shape index (κ2) is 6.42. The van der Waals surface area contributed by atoms with Gasteiger partial charge in [-0.3, -0.25) is 0 Å². The van der Waals surface area contributed by atoms with E-state index in [1.807, 2.05) is 24.3 Å². The van der Waals surface area contributed by atoms with Crippen LogP contribution >= 0.6 is 11.6 Å². The second-order valence-corrected chi connectivity index (χ2v) is 6.02. The maximum atomic E-state index is 11.4. The van der Waals surface area contributed by atoms with Crippen molar-refractivity contribution in [2.45, 2.75) is 18.4 Å². The van der Waals surface area contributed by atoms with E-state index in [9.17, 15) is 4.79 Å². The van der Waals surface area contributed by atoms with E-state index in [0.29, 0.717) is 5.92 Å². The third-order valence-electron chi connectivity index (χ3n) is 4.29. The van der Waals surface area contributed by atoms with Crippen LogP contribution in [0.2, 0.25) is 5.02 Å². The van der Waals surface area contributed by atoms with Gasteiger partial charge in [-0.25, -0.2) is 0 Å². The first kappa shape index (κ1) is 14.3. The molecule has 1 aliphatic rings. The van der Waals surface area contributed by atoms with Crippen LogP contribution in [-0.2, 0) is 11.2 Å². The van der Waals surface area contributed by atoms with E-state index in [0.717, 1.165) is 24.3 Å². The van der Waals surface area contributed by atoms with Crippen LogP contribution in [-0.4, -0.2) is 18.9 Å². The van der Waals surface area contributed by atoms with E-state index in [-0.39, 0.29) is 12.0 Å². The number of hydrogen-bond acceptors (Lipinski definition) is 2. The van der Waals surface area contributed by atoms with Crippen LogP contribution in [0.15, 0.2) is 54.6 Å². The highest BCUT2D eigenvalue weighted by molar-refractivity contribution is 6.30. The highest BCUT2D eigenvalue weighted by atomic mass is 35.5. The average Bonchev–Trinajstić information content (AvgIpc) is 2.91.